The van der Waals surface area contributed by atoms with Gasteiger partial charge in [-0.05, 0) is 68.8 Å². The third kappa shape index (κ3) is 13.3. The number of hydrogen-bond donors (Lipinski definition) is 6. The molecule has 3 heterocycles. The Morgan fingerprint density at radius 1 is 0.831 bits per heavy atom. The molecule has 20 heteroatoms. The molecule has 0 spiro atoms. The Morgan fingerprint density at radius 3 is 2.14 bits per heavy atom. The van der Waals surface area contributed by atoms with E-state index >= 15 is 4.39 Å². The van der Waals surface area contributed by atoms with Gasteiger partial charge in [0, 0.05) is 37.1 Å². The minimum absolute atomic E-state index is 0.00543. The summed E-state index contributed by atoms with van der Waals surface area (Å²) >= 11 is 1.40. The fourth-order valence-electron chi connectivity index (χ4n) is 9.28. The molecule has 4 amide bonds. The van der Waals surface area contributed by atoms with Gasteiger partial charge >= 0.3 is 0 Å². The number of carbonyl (C=O) groups excluding carboxylic acids is 4. The summed E-state index contributed by atoms with van der Waals surface area (Å²) in [6.45, 7) is 4.06. The molecule has 7 rings (SSSR count). The second kappa shape index (κ2) is 25.2. The monoisotopic (exact) mass is 1010 g/mol. The zero-order chi connectivity index (χ0) is 50.4. The number of benzene rings is 3. The summed E-state index contributed by atoms with van der Waals surface area (Å²) in [7, 11) is 1.43. The molecule has 0 radical (unpaired) electrons. The van der Waals surface area contributed by atoms with Crippen LogP contribution >= 0.6 is 11.3 Å². The van der Waals surface area contributed by atoms with Gasteiger partial charge in [0.2, 0.25) is 23.4 Å². The summed E-state index contributed by atoms with van der Waals surface area (Å²) in [5.74, 6) is -6.70. The lowest BCUT2D eigenvalue weighted by molar-refractivity contribution is -0.155. The van der Waals surface area contributed by atoms with Crippen molar-refractivity contribution in [1.29, 1.82) is 0 Å². The number of aromatic nitrogens is 1. The zero-order valence-electron chi connectivity index (χ0n) is 40.2. The largest absolute Gasteiger partial charge is 0.487 e. The Bertz CT molecular complexity index is 2350. The van der Waals surface area contributed by atoms with Gasteiger partial charge in [0.25, 0.3) is 11.8 Å². The lowest BCUT2D eigenvalue weighted by atomic mass is 9.81. The van der Waals surface area contributed by atoms with Crippen molar-refractivity contribution in [1.82, 2.24) is 31.2 Å². The van der Waals surface area contributed by atoms with Gasteiger partial charge in [0.15, 0.2) is 22.4 Å². The van der Waals surface area contributed by atoms with Crippen LogP contribution in [-0.2, 0) is 33.4 Å². The second-order valence-corrected chi connectivity index (χ2v) is 18.9. The molecule has 1 aliphatic carbocycles. The highest BCUT2D eigenvalue weighted by atomic mass is 32.1. The van der Waals surface area contributed by atoms with Crippen LogP contribution in [0.25, 0.3) is 11.3 Å². The minimum Gasteiger partial charge on any atom is -0.487 e. The number of likely N-dealkylation sites (N-methyl/N-ethyl adjacent to an activating group) is 1. The topological polar surface area (TPSA) is 213 Å². The van der Waals surface area contributed by atoms with Crippen molar-refractivity contribution >= 4 is 40.1 Å². The fraction of sp³-hybridized carbons (Fsp3) is 0.510. The molecule has 6 N–H and O–H groups in total. The second-order valence-electron chi connectivity index (χ2n) is 18.1. The van der Waals surface area contributed by atoms with Crippen molar-refractivity contribution < 1.29 is 57.1 Å². The van der Waals surface area contributed by atoms with Gasteiger partial charge in [-0.2, -0.15) is 4.39 Å². The maximum Gasteiger partial charge on any atom is 0.274 e. The number of morpholine rings is 1. The van der Waals surface area contributed by atoms with E-state index in [1.165, 1.54) is 36.3 Å². The first kappa shape index (κ1) is 53.2. The number of halogens is 2. The third-order valence-electron chi connectivity index (χ3n) is 13.3. The maximum atomic E-state index is 15.0. The van der Waals surface area contributed by atoms with Crippen molar-refractivity contribution in [3.05, 3.63) is 101 Å². The number of aliphatic hydroxyl groups is 2. The highest BCUT2D eigenvalue weighted by molar-refractivity contribution is 7.14. The highest BCUT2D eigenvalue weighted by Crippen LogP contribution is 2.38. The van der Waals surface area contributed by atoms with Crippen LogP contribution in [0.2, 0.25) is 0 Å². The molecule has 17 nitrogen and oxygen atoms in total. The summed E-state index contributed by atoms with van der Waals surface area (Å²) in [4.78, 5) is 64.9. The van der Waals surface area contributed by atoms with Gasteiger partial charge in [0.05, 0.1) is 51.3 Å². The Labute approximate surface area is 416 Å². The molecule has 3 aliphatic rings. The van der Waals surface area contributed by atoms with E-state index in [1.807, 2.05) is 0 Å². The molecule has 71 heavy (non-hydrogen) atoms. The molecule has 3 aromatic carbocycles. The summed E-state index contributed by atoms with van der Waals surface area (Å²) in [5.41, 5.74) is -2.71. The number of carbonyl (C=O) groups is 4. The minimum atomic E-state index is -2.59. The van der Waals surface area contributed by atoms with Gasteiger partial charge in [-0.1, -0.05) is 79.9 Å². The number of amides is 4. The third-order valence-corrected chi connectivity index (χ3v) is 14.2. The van der Waals surface area contributed by atoms with Gasteiger partial charge in [-0.3, -0.25) is 24.5 Å². The molecule has 384 valence electrons. The van der Waals surface area contributed by atoms with Gasteiger partial charge in [-0.25, -0.2) is 9.37 Å². The van der Waals surface area contributed by atoms with Gasteiger partial charge in [0.1, 0.15) is 18.7 Å². The lowest BCUT2D eigenvalue weighted by Gasteiger charge is -2.39. The first-order valence-electron chi connectivity index (χ1n) is 24.3. The van der Waals surface area contributed by atoms with Crippen LogP contribution < -0.4 is 30.9 Å². The standard InChI is InChI=1S/C51H65F2N7O10S/c1-50(65,54-2)47(63)57-43(36-17-10-5-11-18-36)46(62)60-23-12-19-40(60)45(61)58-51(66,41(34-13-6-3-7-14-34)35-15-8-4-9-16-35)48(64)55-22-26-67-29-30-69-31-32-70-44-37(20-21-38(52)42(44)53)39-33-71-49(56-39)59-24-27-68-28-25-59/h3-4,6-9,13-16,20-21,33,36,40-41,43,54,65-66H,5,10-12,17-19,22-32H2,1-2H3,(H,55,64)(H,57,63)(H,58,61)/t40-,43-,50-,51?/m0/s1. The van der Waals surface area contributed by atoms with Crippen molar-refractivity contribution in [2.45, 2.75) is 81.3 Å². The van der Waals surface area contributed by atoms with E-state index in [1.54, 1.807) is 66.0 Å². The Balaban J connectivity index is 0.967. The van der Waals surface area contributed by atoms with E-state index in [-0.39, 0.29) is 64.2 Å². The zero-order valence-corrected chi connectivity index (χ0v) is 41.0. The number of nitrogens with zero attached hydrogens (tertiary/aromatic N) is 3. The summed E-state index contributed by atoms with van der Waals surface area (Å²) < 4.78 is 51.8. The average molecular weight is 1010 g/mol. The van der Waals surface area contributed by atoms with Crippen LogP contribution in [0.5, 0.6) is 5.75 Å². The fourth-order valence-corrected chi connectivity index (χ4v) is 10.2. The van der Waals surface area contributed by atoms with Gasteiger partial charge in [-0.15, -0.1) is 11.3 Å². The Morgan fingerprint density at radius 2 is 1.48 bits per heavy atom. The van der Waals surface area contributed by atoms with Crippen LogP contribution in [0.4, 0.5) is 13.9 Å². The van der Waals surface area contributed by atoms with E-state index in [0.717, 1.165) is 30.5 Å². The van der Waals surface area contributed by atoms with Crippen molar-refractivity contribution in [3.63, 3.8) is 0 Å². The van der Waals surface area contributed by atoms with Crippen LogP contribution in [-0.4, -0.2) is 147 Å². The van der Waals surface area contributed by atoms with Crippen molar-refractivity contribution in [2.75, 3.05) is 84.4 Å². The molecular formula is C51H65F2N7O10S. The van der Waals surface area contributed by atoms with Gasteiger partial charge < -0.3 is 54.9 Å². The number of hydrogen-bond acceptors (Lipinski definition) is 14. The molecule has 2 aliphatic heterocycles. The van der Waals surface area contributed by atoms with Crippen LogP contribution in [0.1, 0.15) is 68.9 Å². The van der Waals surface area contributed by atoms with Crippen LogP contribution in [0, 0.1) is 17.6 Å². The normalized spacial score (nSPS) is 18.6. The number of thiazole rings is 1. The maximum absolute atomic E-state index is 15.0. The molecule has 1 aromatic heterocycles. The average Bonchev–Trinajstić information content (AvgIpc) is 4.10. The quantitative estimate of drug-likeness (QED) is 0.0458. The molecule has 1 saturated carbocycles. The van der Waals surface area contributed by atoms with Crippen LogP contribution in [0.3, 0.4) is 0 Å². The molecular weight excluding hydrogens is 941 g/mol. The summed E-state index contributed by atoms with van der Waals surface area (Å²) in [6.07, 6.45) is 4.78. The number of likely N-dealkylation sites (tertiary alicyclic amines) is 1. The SMILES string of the molecule is CN[C@@](C)(O)C(=O)N[C@H](C(=O)N1CCC[C@H]1C(=O)NC(O)(C(=O)NCCOCCOCCOc1c(-c2csc(N3CCOCC3)n2)ccc(F)c1F)C(c1ccccc1)c1ccccc1)C1CCCCC1. The number of rotatable bonds is 23. The Kier molecular flexibility index (Phi) is 18.9. The van der Waals surface area contributed by atoms with E-state index in [2.05, 4.69) is 31.2 Å². The predicted molar refractivity (Wildman–Crippen MR) is 261 cm³/mol. The van der Waals surface area contributed by atoms with E-state index in [9.17, 15) is 33.8 Å². The first-order valence-corrected chi connectivity index (χ1v) is 25.2. The summed E-state index contributed by atoms with van der Waals surface area (Å²) in [5, 5.41) is 36.7. The molecule has 4 aromatic rings. The molecule has 3 fully saturated rings. The molecule has 1 unspecified atom stereocenters. The number of anilines is 1. The molecule has 2 saturated heterocycles. The van der Waals surface area contributed by atoms with Crippen molar-refractivity contribution in [2.24, 2.45) is 5.92 Å². The van der Waals surface area contributed by atoms with E-state index < -0.39 is 64.7 Å². The predicted octanol–water partition coefficient (Wildman–Crippen LogP) is 4.07. The molecule has 4 atom stereocenters. The number of nitrogens with one attached hydrogen (secondary N) is 4. The Hall–Kier alpha value is -5.61. The number of ether oxygens (including phenoxy) is 4. The summed E-state index contributed by atoms with van der Waals surface area (Å²) in [6, 6.07) is 18.0. The highest BCUT2D eigenvalue weighted by Gasteiger charge is 2.50. The van der Waals surface area contributed by atoms with E-state index in [4.69, 9.17) is 18.9 Å². The molecule has 0 bridgehead atoms. The first-order chi connectivity index (χ1) is 34.3. The smallest absolute Gasteiger partial charge is 0.274 e. The van der Waals surface area contributed by atoms with Crippen molar-refractivity contribution in [3.8, 4) is 17.0 Å². The van der Waals surface area contributed by atoms with Crippen LogP contribution in [0.15, 0.2) is 78.2 Å². The van der Waals surface area contributed by atoms with E-state index in [0.29, 0.717) is 68.0 Å². The lowest BCUT2D eigenvalue weighted by Crippen LogP contribution is -2.66.